The van der Waals surface area contributed by atoms with Gasteiger partial charge < -0.3 is 14.9 Å². The minimum atomic E-state index is -5.00. The van der Waals surface area contributed by atoms with Gasteiger partial charge in [-0.15, -0.1) is 0 Å². The molecule has 0 fully saturated rings. The lowest BCUT2D eigenvalue weighted by molar-refractivity contribution is -0.290. The average molecular weight is 422 g/mol. The minimum absolute atomic E-state index is 0.531. The molecule has 4 nitrogen and oxygen atoms in total. The fraction of sp³-hybridized carbons (Fsp3) is 0.278. The molecule has 0 saturated heterocycles. The van der Waals surface area contributed by atoms with Gasteiger partial charge in [0.2, 0.25) is 0 Å². The summed E-state index contributed by atoms with van der Waals surface area (Å²) in [7, 11) is 22.4. The first-order valence-corrected chi connectivity index (χ1v) is 8.55. The van der Waals surface area contributed by atoms with E-state index in [0.717, 1.165) is 6.07 Å². The molecule has 0 amide bonds. The van der Waals surface area contributed by atoms with Crippen LogP contribution in [0.25, 0.3) is 0 Å². The molecule has 13 heteroatoms. The van der Waals surface area contributed by atoms with Gasteiger partial charge in [0.25, 0.3) is 0 Å². The molecule has 4 rings (SSSR count). The fourth-order valence-electron chi connectivity index (χ4n) is 4.15. The molecular weight excluding hydrogens is 416 g/mol. The van der Waals surface area contributed by atoms with Crippen molar-refractivity contribution < 1.29 is 36.9 Å². The van der Waals surface area contributed by atoms with Gasteiger partial charge in [0, 0.05) is 28.7 Å². The number of hydrogen-bond donors (Lipinski definition) is 2. The number of benzene rings is 2. The van der Waals surface area contributed by atoms with E-state index in [9.17, 15) is 32.2 Å². The number of alkyl halides is 4. The van der Waals surface area contributed by atoms with E-state index in [0.29, 0.717) is 6.07 Å². The average Bonchev–Trinajstić information content (AvgIpc) is 2.96. The van der Waals surface area contributed by atoms with E-state index in [4.69, 9.17) is 41.4 Å². The quantitative estimate of drug-likeness (QED) is 0.507. The normalized spacial score (nSPS) is 27.0. The van der Waals surface area contributed by atoms with Crippen LogP contribution in [0.3, 0.4) is 0 Å². The van der Waals surface area contributed by atoms with Crippen molar-refractivity contribution in [2.75, 3.05) is 0 Å². The summed E-state index contributed by atoms with van der Waals surface area (Å²) in [6.45, 7) is 0. The van der Waals surface area contributed by atoms with Gasteiger partial charge in [-0.1, -0.05) is 0 Å². The molecule has 0 bridgehead atoms. The number of nitrogens with zero attached hydrogens (tertiary/aromatic N) is 1. The molecule has 0 heterocycles. The molecule has 2 aromatic carbocycles. The van der Waals surface area contributed by atoms with Crippen LogP contribution in [-0.2, 0) is 17.0 Å². The van der Waals surface area contributed by atoms with Crippen LogP contribution < -0.4 is 21.1 Å². The van der Waals surface area contributed by atoms with Crippen LogP contribution in [0, 0.1) is 17.1 Å². The smallest absolute Gasteiger partial charge is 0.346 e. The van der Waals surface area contributed by atoms with Crippen molar-refractivity contribution in [1.82, 2.24) is 0 Å². The Hall–Kier alpha value is -2.44. The molecule has 0 spiro atoms. The summed E-state index contributed by atoms with van der Waals surface area (Å²) in [6, 6.07) is 2.85. The van der Waals surface area contributed by atoms with Gasteiger partial charge in [-0.3, -0.25) is 0 Å². The van der Waals surface area contributed by atoms with Crippen LogP contribution in [-0.4, -0.2) is 47.5 Å². The Balaban J connectivity index is 1.99. The summed E-state index contributed by atoms with van der Waals surface area (Å²) in [4.78, 5) is 0. The zero-order chi connectivity index (χ0) is 23.3. The predicted molar refractivity (Wildman–Crippen MR) is 101 cm³/mol. The van der Waals surface area contributed by atoms with Crippen LogP contribution in [0.1, 0.15) is 28.7 Å². The maximum absolute atomic E-state index is 14.5. The summed E-state index contributed by atoms with van der Waals surface area (Å²) in [5.41, 5.74) is -11.8. The Kier molecular flexibility index (Phi) is 4.27. The number of ether oxygens (including phenoxy) is 1. The van der Waals surface area contributed by atoms with Gasteiger partial charge in [0.15, 0.2) is 5.60 Å². The highest BCUT2D eigenvalue weighted by molar-refractivity contribution is 6.47. The standard InChI is InChI=1S/C18H6B4F5NO3/c19-10-5(3-28)11(20)14(12(21)13(10)23)31-7-2-1-6-8-9(7)16(22,30)4-15(8,29)18(26,27)17(6,24)25/h1-2,29-30H,4H2/t15-,16-/m1/s1. The van der Waals surface area contributed by atoms with E-state index < -0.39 is 85.3 Å². The Morgan fingerprint density at radius 1 is 1.00 bits per heavy atom. The number of nitriles is 1. The largest absolute Gasteiger partial charge is 0.458 e. The monoisotopic (exact) mass is 423 g/mol. The Labute approximate surface area is 177 Å². The molecule has 2 aromatic rings. The maximum Gasteiger partial charge on any atom is 0.346 e. The van der Waals surface area contributed by atoms with Crippen molar-refractivity contribution in [3.05, 3.63) is 40.2 Å². The van der Waals surface area contributed by atoms with Gasteiger partial charge in [-0.05, 0) is 28.5 Å². The van der Waals surface area contributed by atoms with Gasteiger partial charge >= 0.3 is 11.8 Å². The number of halogens is 5. The predicted octanol–water partition coefficient (Wildman–Crippen LogP) is -0.483. The van der Waals surface area contributed by atoms with Crippen molar-refractivity contribution >= 4 is 47.8 Å². The van der Waals surface area contributed by atoms with Crippen LogP contribution in [0.5, 0.6) is 11.5 Å². The second-order valence-corrected chi connectivity index (χ2v) is 7.44. The SMILES string of the molecule is [B]c1c(F)c([B])c(Oc2ccc3c4c2[C@]([B])(O)C[C@]4(O)C(F)(F)C3(F)F)c([B])c1C#N. The van der Waals surface area contributed by atoms with Crippen molar-refractivity contribution in [3.8, 4) is 17.6 Å². The van der Waals surface area contributed by atoms with Gasteiger partial charge in [-0.2, -0.15) is 22.8 Å². The second kappa shape index (κ2) is 6.08. The zero-order valence-corrected chi connectivity index (χ0v) is 15.3. The molecule has 0 saturated carbocycles. The third-order valence-electron chi connectivity index (χ3n) is 5.62. The highest BCUT2D eigenvalue weighted by atomic mass is 19.3. The van der Waals surface area contributed by atoms with Gasteiger partial charge in [0.05, 0.1) is 11.6 Å². The minimum Gasteiger partial charge on any atom is -0.458 e. The van der Waals surface area contributed by atoms with Gasteiger partial charge in [0.1, 0.15) is 48.7 Å². The molecular formula is C18H6B4F5NO3. The number of rotatable bonds is 2. The van der Waals surface area contributed by atoms with Crippen molar-refractivity contribution in [2.45, 2.75) is 29.4 Å². The van der Waals surface area contributed by atoms with Crippen molar-refractivity contribution in [3.63, 3.8) is 0 Å². The fourth-order valence-corrected chi connectivity index (χ4v) is 4.15. The van der Waals surface area contributed by atoms with E-state index in [1.54, 1.807) is 6.07 Å². The molecule has 0 unspecified atom stereocenters. The molecule has 2 aliphatic rings. The molecule has 2 aliphatic carbocycles. The van der Waals surface area contributed by atoms with E-state index in [1.165, 1.54) is 0 Å². The van der Waals surface area contributed by atoms with Gasteiger partial charge in [-0.25, -0.2) is 4.39 Å². The third-order valence-corrected chi connectivity index (χ3v) is 5.62. The summed E-state index contributed by atoms with van der Waals surface area (Å²) < 4.78 is 77.3. The van der Waals surface area contributed by atoms with Crippen LogP contribution in [0.2, 0.25) is 0 Å². The van der Waals surface area contributed by atoms with Crippen molar-refractivity contribution in [2.24, 2.45) is 0 Å². The maximum atomic E-state index is 14.5. The molecule has 0 aromatic heterocycles. The highest BCUT2D eigenvalue weighted by Crippen LogP contribution is 2.68. The van der Waals surface area contributed by atoms with E-state index in [-0.39, 0.29) is 0 Å². The lowest BCUT2D eigenvalue weighted by atomic mass is 9.73. The highest BCUT2D eigenvalue weighted by Gasteiger charge is 2.80. The van der Waals surface area contributed by atoms with Crippen molar-refractivity contribution in [1.29, 1.82) is 5.26 Å². The zero-order valence-electron chi connectivity index (χ0n) is 15.3. The first-order chi connectivity index (χ1) is 14.1. The lowest BCUT2D eigenvalue weighted by Crippen LogP contribution is -2.49. The molecule has 8 radical (unpaired) electrons. The summed E-state index contributed by atoms with van der Waals surface area (Å²) in [5.74, 6) is -12.3. The Morgan fingerprint density at radius 3 is 2.19 bits per heavy atom. The Bertz CT molecular complexity index is 1210. The summed E-state index contributed by atoms with van der Waals surface area (Å²) in [5, 5.41) is 30.1. The Morgan fingerprint density at radius 2 is 1.61 bits per heavy atom. The molecule has 31 heavy (non-hydrogen) atoms. The topological polar surface area (TPSA) is 73.5 Å². The van der Waals surface area contributed by atoms with E-state index in [1.807, 2.05) is 0 Å². The summed E-state index contributed by atoms with van der Waals surface area (Å²) in [6.07, 6.45) is -1.38. The first kappa shape index (κ1) is 21.8. The number of aliphatic hydroxyl groups is 2. The third kappa shape index (κ3) is 2.40. The second-order valence-electron chi connectivity index (χ2n) is 7.44. The number of hydrogen-bond acceptors (Lipinski definition) is 4. The van der Waals surface area contributed by atoms with Crippen LogP contribution in [0.15, 0.2) is 12.1 Å². The molecule has 0 aliphatic heterocycles. The van der Waals surface area contributed by atoms with Crippen LogP contribution >= 0.6 is 0 Å². The molecule has 2 N–H and O–H groups in total. The first-order valence-electron chi connectivity index (χ1n) is 8.55. The van der Waals surface area contributed by atoms with E-state index in [2.05, 4.69) is 0 Å². The molecule has 2 atom stereocenters. The van der Waals surface area contributed by atoms with E-state index >= 15 is 0 Å². The lowest BCUT2D eigenvalue weighted by Gasteiger charge is -2.32. The van der Waals surface area contributed by atoms with Crippen LogP contribution in [0.4, 0.5) is 22.0 Å². The molecule has 148 valence electrons. The summed E-state index contributed by atoms with van der Waals surface area (Å²) >= 11 is 0.